The van der Waals surface area contributed by atoms with Gasteiger partial charge in [0.15, 0.2) is 11.9 Å². The Balaban J connectivity index is 3.89. The molecule has 328 valence electrons. The van der Waals surface area contributed by atoms with E-state index in [0.29, 0.717) is 19.3 Å². The summed E-state index contributed by atoms with van der Waals surface area (Å²) < 4.78 is 26.4. The van der Waals surface area contributed by atoms with E-state index in [1.165, 1.54) is 128 Å². The van der Waals surface area contributed by atoms with Crippen LogP contribution in [0.4, 0.5) is 0 Å². The number of unbranched alkanes of at least 4 members (excludes halogenated alkanes) is 24. The van der Waals surface area contributed by atoms with Crippen molar-refractivity contribution >= 4 is 25.5 Å². The van der Waals surface area contributed by atoms with Crippen LogP contribution in [-0.4, -0.2) is 46.8 Å². The zero-order valence-corrected chi connectivity index (χ0v) is 37.1. The van der Waals surface area contributed by atoms with Gasteiger partial charge in [0.1, 0.15) is 6.61 Å². The van der Waals surface area contributed by atoms with Crippen molar-refractivity contribution in [2.24, 2.45) is 5.92 Å². The molecule has 2 atom stereocenters. The number of phosphoric ester groups is 1. The zero-order chi connectivity index (χ0) is 41.4. The topological polar surface area (TPSA) is 136 Å². The molecule has 0 aliphatic heterocycles. The highest BCUT2D eigenvalue weighted by molar-refractivity contribution is 7.46. The fourth-order valence-electron chi connectivity index (χ4n) is 6.63. The minimum atomic E-state index is -4.78. The molecule has 0 aromatic carbocycles. The maximum Gasteiger partial charge on any atom is 0.469 e. The van der Waals surface area contributed by atoms with Crippen LogP contribution in [-0.2, 0) is 32.9 Å². The van der Waals surface area contributed by atoms with Gasteiger partial charge in [0.25, 0.3) is 0 Å². The predicted molar refractivity (Wildman–Crippen MR) is 230 cm³/mol. The molecular weight excluding hydrogens is 727 g/mol. The lowest BCUT2D eigenvalue weighted by Crippen LogP contribution is -2.29. The Kier molecular flexibility index (Phi) is 38.7. The third kappa shape index (κ3) is 41.8. The van der Waals surface area contributed by atoms with Gasteiger partial charge in [-0.3, -0.25) is 18.9 Å². The lowest BCUT2D eigenvalue weighted by Gasteiger charge is -2.18. The summed E-state index contributed by atoms with van der Waals surface area (Å²) in [4.78, 5) is 54.9. The zero-order valence-electron chi connectivity index (χ0n) is 36.2. The van der Waals surface area contributed by atoms with Gasteiger partial charge in [-0.15, -0.1) is 0 Å². The number of hydrogen-bond acceptors (Lipinski definition) is 7. The second-order valence-corrected chi connectivity index (χ2v) is 17.3. The molecule has 10 heteroatoms. The van der Waals surface area contributed by atoms with Crippen molar-refractivity contribution < 1.29 is 42.7 Å². The number of ketones is 1. The first-order valence-electron chi connectivity index (χ1n) is 23.0. The van der Waals surface area contributed by atoms with Gasteiger partial charge in [-0.2, -0.15) is 0 Å². The molecule has 0 saturated heterocycles. The van der Waals surface area contributed by atoms with Gasteiger partial charge in [0.05, 0.1) is 6.61 Å². The minimum absolute atomic E-state index is 0.113. The summed E-state index contributed by atoms with van der Waals surface area (Å²) in [5, 5.41) is 0. The summed E-state index contributed by atoms with van der Waals surface area (Å²) in [5.41, 5.74) is 0. The van der Waals surface area contributed by atoms with Crippen LogP contribution in [0.2, 0.25) is 0 Å². The molecule has 0 saturated carbocycles. The molecule has 0 aliphatic rings. The van der Waals surface area contributed by atoms with Gasteiger partial charge in [0.2, 0.25) is 0 Å². The fraction of sp³-hybridized carbons (Fsp3) is 0.848. The van der Waals surface area contributed by atoms with E-state index in [-0.39, 0.29) is 25.2 Å². The largest absolute Gasteiger partial charge is 0.469 e. The van der Waals surface area contributed by atoms with Crippen LogP contribution in [0.1, 0.15) is 226 Å². The van der Waals surface area contributed by atoms with E-state index in [2.05, 4.69) is 31.4 Å². The normalized spacial score (nSPS) is 13.1. The summed E-state index contributed by atoms with van der Waals surface area (Å²) >= 11 is 0. The standard InChI is InChI=1S/C46H85O9P/c1-4-6-7-8-21-26-31-36-43(47)37-32-27-24-29-34-39-46(49)55-44(41-54-56(50,51)52)40-53-45(48)38-33-28-23-20-18-16-14-12-10-9-11-13-15-17-19-22-25-30-35-42(3)5-2/h21,26,31,36,42,44H,4-20,22-25,27-30,32-35,37-41H2,1-3H3,(H2,50,51,52)/b26-21-,36-31+/t42?,44-/m1/s1. The summed E-state index contributed by atoms with van der Waals surface area (Å²) in [6.07, 6.45) is 41.5. The SMILES string of the molecule is CCCCC/C=C\C=C\C(=O)CCCCCCCC(=O)O[C@H](COC(=O)CCCCCCCCCCCCCCCCCCCCC(C)CC)COP(=O)(O)O. The van der Waals surface area contributed by atoms with Crippen molar-refractivity contribution in [1.29, 1.82) is 0 Å². The van der Waals surface area contributed by atoms with E-state index in [0.717, 1.165) is 50.9 Å². The highest BCUT2D eigenvalue weighted by Crippen LogP contribution is 2.36. The molecule has 0 bridgehead atoms. The van der Waals surface area contributed by atoms with E-state index in [9.17, 15) is 18.9 Å². The number of esters is 2. The van der Waals surface area contributed by atoms with Crippen molar-refractivity contribution in [3.05, 3.63) is 24.3 Å². The molecule has 0 aliphatic carbocycles. The van der Waals surface area contributed by atoms with Crippen molar-refractivity contribution in [3.8, 4) is 0 Å². The Hall–Kier alpha value is -1.80. The maximum atomic E-state index is 12.4. The van der Waals surface area contributed by atoms with E-state index in [1.54, 1.807) is 6.08 Å². The minimum Gasteiger partial charge on any atom is -0.462 e. The molecule has 0 aromatic heterocycles. The Morgan fingerprint density at radius 3 is 1.52 bits per heavy atom. The average Bonchev–Trinajstić information content (AvgIpc) is 3.16. The van der Waals surface area contributed by atoms with E-state index < -0.39 is 32.5 Å². The number of carbonyl (C=O) groups is 3. The smallest absolute Gasteiger partial charge is 0.462 e. The Morgan fingerprint density at radius 1 is 0.571 bits per heavy atom. The molecule has 0 rings (SSSR count). The number of rotatable bonds is 42. The first-order chi connectivity index (χ1) is 27.1. The number of hydrogen-bond donors (Lipinski definition) is 2. The molecule has 0 spiro atoms. The van der Waals surface area contributed by atoms with Crippen LogP contribution in [0.25, 0.3) is 0 Å². The van der Waals surface area contributed by atoms with Crippen LogP contribution in [0.15, 0.2) is 24.3 Å². The summed E-state index contributed by atoms with van der Waals surface area (Å²) in [6.45, 7) is 5.95. The average molecular weight is 813 g/mol. The maximum absolute atomic E-state index is 12.4. The van der Waals surface area contributed by atoms with Crippen LogP contribution < -0.4 is 0 Å². The Labute approximate surface area is 343 Å². The van der Waals surface area contributed by atoms with Crippen LogP contribution >= 0.6 is 7.82 Å². The van der Waals surface area contributed by atoms with Crippen LogP contribution in [0, 0.1) is 5.92 Å². The van der Waals surface area contributed by atoms with E-state index >= 15 is 0 Å². The molecule has 1 unspecified atom stereocenters. The summed E-state index contributed by atoms with van der Waals surface area (Å²) in [6, 6.07) is 0. The molecular formula is C46H85O9P. The summed E-state index contributed by atoms with van der Waals surface area (Å²) in [7, 11) is -4.78. The second kappa shape index (κ2) is 40.0. The lowest BCUT2D eigenvalue weighted by atomic mass is 9.99. The third-order valence-electron chi connectivity index (χ3n) is 10.5. The van der Waals surface area contributed by atoms with Crippen LogP contribution in [0.3, 0.4) is 0 Å². The molecule has 0 heterocycles. The number of ether oxygens (including phenoxy) is 2. The van der Waals surface area contributed by atoms with E-state index in [4.69, 9.17) is 19.3 Å². The molecule has 2 N–H and O–H groups in total. The van der Waals surface area contributed by atoms with Crippen molar-refractivity contribution in [2.75, 3.05) is 13.2 Å². The highest BCUT2D eigenvalue weighted by Gasteiger charge is 2.23. The number of carbonyl (C=O) groups excluding carboxylic acids is 3. The van der Waals surface area contributed by atoms with Crippen molar-refractivity contribution in [2.45, 2.75) is 232 Å². The number of phosphoric acid groups is 1. The highest BCUT2D eigenvalue weighted by atomic mass is 31.2. The first kappa shape index (κ1) is 54.2. The summed E-state index contributed by atoms with van der Waals surface area (Å²) in [5.74, 6) is 0.0409. The van der Waals surface area contributed by atoms with Gasteiger partial charge in [-0.05, 0) is 44.1 Å². The molecule has 0 amide bonds. The molecule has 56 heavy (non-hydrogen) atoms. The van der Waals surface area contributed by atoms with Gasteiger partial charge in [-0.25, -0.2) is 4.57 Å². The van der Waals surface area contributed by atoms with Crippen molar-refractivity contribution in [3.63, 3.8) is 0 Å². The first-order valence-corrected chi connectivity index (χ1v) is 24.5. The van der Waals surface area contributed by atoms with Crippen LogP contribution in [0.5, 0.6) is 0 Å². The quantitative estimate of drug-likeness (QED) is 0.0203. The molecule has 0 radical (unpaired) electrons. The second-order valence-electron chi connectivity index (χ2n) is 16.0. The lowest BCUT2D eigenvalue weighted by molar-refractivity contribution is -0.161. The van der Waals surface area contributed by atoms with Crippen molar-refractivity contribution in [1.82, 2.24) is 0 Å². The Morgan fingerprint density at radius 2 is 1.04 bits per heavy atom. The monoisotopic (exact) mass is 813 g/mol. The predicted octanol–water partition coefficient (Wildman–Crippen LogP) is 13.4. The van der Waals surface area contributed by atoms with E-state index in [1.807, 2.05) is 12.2 Å². The third-order valence-corrected chi connectivity index (χ3v) is 11.0. The number of allylic oxidation sites excluding steroid dienone is 4. The molecule has 9 nitrogen and oxygen atoms in total. The fourth-order valence-corrected chi connectivity index (χ4v) is 6.99. The van der Waals surface area contributed by atoms with Gasteiger partial charge in [-0.1, -0.05) is 193 Å². The van der Waals surface area contributed by atoms with Gasteiger partial charge in [0, 0.05) is 19.3 Å². The Bertz CT molecular complexity index is 1040. The van der Waals surface area contributed by atoms with Gasteiger partial charge >= 0.3 is 19.8 Å². The van der Waals surface area contributed by atoms with Gasteiger partial charge < -0.3 is 19.3 Å². The molecule has 0 aromatic rings. The molecule has 0 fully saturated rings.